The molecule has 6 heteroatoms. The number of hydrogen-bond donors (Lipinski definition) is 1. The van der Waals surface area contributed by atoms with Gasteiger partial charge in [0.05, 0.1) is 0 Å². The molecule has 1 amide bonds. The summed E-state index contributed by atoms with van der Waals surface area (Å²) in [4.78, 5) is 16.0. The van der Waals surface area contributed by atoms with Gasteiger partial charge in [0.15, 0.2) is 11.8 Å². The summed E-state index contributed by atoms with van der Waals surface area (Å²) in [7, 11) is 0. The fraction of sp³-hybridized carbons (Fsp3) is 0.364. The van der Waals surface area contributed by atoms with Crippen LogP contribution in [0.4, 0.5) is 13.6 Å². The molecule has 1 aromatic carbocycles. The molecule has 0 spiro atoms. The van der Waals surface area contributed by atoms with Crippen molar-refractivity contribution >= 4 is 6.09 Å². The van der Waals surface area contributed by atoms with Crippen LogP contribution in [-0.4, -0.2) is 16.7 Å². The summed E-state index contributed by atoms with van der Waals surface area (Å²) in [6.07, 6.45) is 5.57. The van der Waals surface area contributed by atoms with E-state index in [1.165, 1.54) is 12.1 Å². The van der Waals surface area contributed by atoms with Crippen LogP contribution in [0.5, 0.6) is 0 Å². The van der Waals surface area contributed by atoms with Crippen LogP contribution < -0.4 is 5.32 Å². The molecule has 2 aromatic rings. The van der Waals surface area contributed by atoms with Crippen molar-refractivity contribution in [1.29, 1.82) is 0 Å². The molecule has 144 valence electrons. The highest BCUT2D eigenvalue weighted by Gasteiger charge is 2.37. The molecular formula is C22H20F2N2O2. The number of rotatable bonds is 2. The van der Waals surface area contributed by atoms with Gasteiger partial charge in [0, 0.05) is 18.0 Å². The summed E-state index contributed by atoms with van der Waals surface area (Å²) in [5.41, 5.74) is 0.343. The van der Waals surface area contributed by atoms with E-state index < -0.39 is 29.7 Å². The summed E-state index contributed by atoms with van der Waals surface area (Å²) in [5.74, 6) is 5.25. The normalized spacial score (nSPS) is 23.3. The lowest BCUT2D eigenvalue weighted by Crippen LogP contribution is -2.23. The van der Waals surface area contributed by atoms with E-state index in [1.807, 2.05) is 0 Å². The SMILES string of the molecule is O=C1NC(c2cncc(C#CC3(F)CCCCC3)c2)C(c2cccc(F)c2)O1. The van der Waals surface area contributed by atoms with Gasteiger partial charge >= 0.3 is 6.09 Å². The average Bonchev–Trinajstić information content (AvgIpc) is 3.09. The lowest BCUT2D eigenvalue weighted by atomic mass is 9.87. The summed E-state index contributed by atoms with van der Waals surface area (Å²) in [6, 6.07) is 7.17. The number of nitrogens with one attached hydrogen (secondary N) is 1. The standard InChI is InChI=1S/C22H20F2N2O2/c23-18-6-4-5-16(12-18)20-19(26-21(27)28-20)17-11-15(13-25-14-17)7-10-22(24)8-2-1-3-9-22/h4-6,11-14,19-20H,1-3,8-9H2,(H,26,27). The number of halogens is 2. The van der Waals surface area contributed by atoms with Crippen molar-refractivity contribution in [1.82, 2.24) is 10.3 Å². The lowest BCUT2D eigenvalue weighted by Gasteiger charge is -2.23. The average molecular weight is 382 g/mol. The summed E-state index contributed by atoms with van der Waals surface area (Å²) < 4.78 is 33.7. The van der Waals surface area contributed by atoms with Crippen LogP contribution in [0.1, 0.15) is 60.9 Å². The monoisotopic (exact) mass is 382 g/mol. The van der Waals surface area contributed by atoms with Crippen LogP contribution in [0.25, 0.3) is 0 Å². The first-order valence-electron chi connectivity index (χ1n) is 9.42. The summed E-state index contributed by atoms with van der Waals surface area (Å²) in [6.45, 7) is 0. The van der Waals surface area contributed by atoms with E-state index in [1.54, 1.807) is 30.6 Å². The van der Waals surface area contributed by atoms with E-state index in [4.69, 9.17) is 4.74 Å². The number of carbonyl (C=O) groups excluding carboxylic acids is 1. The van der Waals surface area contributed by atoms with E-state index in [0.717, 1.165) is 19.3 Å². The molecular weight excluding hydrogens is 362 g/mol. The van der Waals surface area contributed by atoms with E-state index >= 15 is 0 Å². The smallest absolute Gasteiger partial charge is 0.408 e. The molecule has 2 heterocycles. The largest absolute Gasteiger partial charge is 0.439 e. The second-order valence-electron chi connectivity index (χ2n) is 7.29. The predicted octanol–water partition coefficient (Wildman–Crippen LogP) is 4.77. The van der Waals surface area contributed by atoms with E-state index in [-0.39, 0.29) is 0 Å². The van der Waals surface area contributed by atoms with Gasteiger partial charge in [-0.25, -0.2) is 13.6 Å². The van der Waals surface area contributed by atoms with Crippen molar-refractivity contribution < 1.29 is 18.3 Å². The maximum atomic E-state index is 14.7. The second kappa shape index (κ2) is 7.59. The molecule has 28 heavy (non-hydrogen) atoms. The minimum absolute atomic E-state index is 0.405. The van der Waals surface area contributed by atoms with E-state index in [0.29, 0.717) is 29.5 Å². The first kappa shape index (κ1) is 18.4. The molecule has 4 nitrogen and oxygen atoms in total. The van der Waals surface area contributed by atoms with Crippen molar-refractivity contribution in [2.45, 2.75) is 49.9 Å². The fourth-order valence-electron chi connectivity index (χ4n) is 3.74. The molecule has 1 aromatic heterocycles. The van der Waals surface area contributed by atoms with Crippen LogP contribution in [0.2, 0.25) is 0 Å². The highest BCUT2D eigenvalue weighted by atomic mass is 19.1. The Morgan fingerprint density at radius 2 is 1.96 bits per heavy atom. The van der Waals surface area contributed by atoms with Gasteiger partial charge in [-0.2, -0.15) is 0 Å². The topological polar surface area (TPSA) is 51.2 Å². The Bertz CT molecular complexity index is 945. The third kappa shape index (κ3) is 3.99. The zero-order chi connectivity index (χ0) is 19.6. The van der Waals surface area contributed by atoms with Crippen molar-refractivity contribution in [3.05, 3.63) is 65.2 Å². The molecule has 2 fully saturated rings. The third-order valence-electron chi connectivity index (χ3n) is 5.18. The molecule has 1 saturated heterocycles. The number of nitrogens with zero attached hydrogens (tertiary/aromatic N) is 1. The van der Waals surface area contributed by atoms with Crippen LogP contribution in [0, 0.1) is 17.7 Å². The number of ether oxygens (including phenoxy) is 1. The Morgan fingerprint density at radius 1 is 1.14 bits per heavy atom. The first-order chi connectivity index (χ1) is 13.5. The number of alkyl carbamates (subject to hydrolysis) is 1. The molecule has 4 rings (SSSR count). The van der Waals surface area contributed by atoms with E-state index in [2.05, 4.69) is 22.1 Å². The van der Waals surface area contributed by atoms with Gasteiger partial charge in [-0.05, 0) is 55.0 Å². The molecule has 0 bridgehead atoms. The number of alkyl halides is 1. The van der Waals surface area contributed by atoms with Crippen LogP contribution in [0.3, 0.4) is 0 Å². The highest BCUT2D eigenvalue weighted by molar-refractivity contribution is 5.71. The first-order valence-corrected chi connectivity index (χ1v) is 9.42. The lowest BCUT2D eigenvalue weighted by molar-refractivity contribution is 0.132. The molecule has 1 saturated carbocycles. The maximum absolute atomic E-state index is 14.7. The zero-order valence-electron chi connectivity index (χ0n) is 15.3. The number of amides is 1. The Labute approximate surface area is 162 Å². The Kier molecular flexibility index (Phi) is 4.99. The van der Waals surface area contributed by atoms with Crippen LogP contribution in [-0.2, 0) is 4.74 Å². The number of carbonyl (C=O) groups is 1. The predicted molar refractivity (Wildman–Crippen MR) is 99.5 cm³/mol. The summed E-state index contributed by atoms with van der Waals surface area (Å²) in [5, 5.41) is 2.73. The number of benzene rings is 1. The van der Waals surface area contributed by atoms with Gasteiger partial charge in [-0.1, -0.05) is 30.4 Å². The number of aromatic nitrogens is 1. The van der Waals surface area contributed by atoms with Crippen LogP contribution >= 0.6 is 0 Å². The molecule has 2 atom stereocenters. The van der Waals surface area contributed by atoms with Gasteiger partial charge in [0.2, 0.25) is 0 Å². The minimum atomic E-state index is -1.44. The molecule has 0 radical (unpaired) electrons. The summed E-state index contributed by atoms with van der Waals surface area (Å²) >= 11 is 0. The van der Waals surface area contributed by atoms with Crippen molar-refractivity contribution in [3.63, 3.8) is 0 Å². The van der Waals surface area contributed by atoms with Crippen LogP contribution in [0.15, 0.2) is 42.7 Å². The Hall–Kier alpha value is -2.94. The van der Waals surface area contributed by atoms with Gasteiger partial charge in [-0.15, -0.1) is 0 Å². The van der Waals surface area contributed by atoms with Gasteiger partial charge in [0.25, 0.3) is 0 Å². The molecule has 1 N–H and O–H groups in total. The van der Waals surface area contributed by atoms with Gasteiger partial charge in [-0.3, -0.25) is 4.98 Å². The second-order valence-corrected chi connectivity index (χ2v) is 7.29. The fourth-order valence-corrected chi connectivity index (χ4v) is 3.74. The number of pyridine rings is 1. The Morgan fingerprint density at radius 3 is 2.75 bits per heavy atom. The minimum Gasteiger partial charge on any atom is -0.439 e. The highest BCUT2D eigenvalue weighted by Crippen LogP contribution is 2.37. The molecule has 1 aliphatic heterocycles. The molecule has 2 unspecified atom stereocenters. The van der Waals surface area contributed by atoms with Gasteiger partial charge < -0.3 is 10.1 Å². The third-order valence-corrected chi connectivity index (χ3v) is 5.18. The van der Waals surface area contributed by atoms with Gasteiger partial charge in [0.1, 0.15) is 11.9 Å². The number of cyclic esters (lactones) is 1. The zero-order valence-corrected chi connectivity index (χ0v) is 15.3. The van der Waals surface area contributed by atoms with Crippen molar-refractivity contribution in [2.24, 2.45) is 0 Å². The Balaban J connectivity index is 1.60. The quantitative estimate of drug-likeness (QED) is 0.762. The molecule has 1 aliphatic carbocycles. The van der Waals surface area contributed by atoms with Crippen molar-refractivity contribution in [3.8, 4) is 11.8 Å². The maximum Gasteiger partial charge on any atom is 0.408 e. The van der Waals surface area contributed by atoms with Crippen molar-refractivity contribution in [2.75, 3.05) is 0 Å². The van der Waals surface area contributed by atoms with E-state index in [9.17, 15) is 13.6 Å². The molecule has 2 aliphatic rings. The number of hydrogen-bond acceptors (Lipinski definition) is 3.